The number of nitrogens with zero attached hydrogens (tertiary/aromatic N) is 3. The molecule has 4 nitrogen and oxygen atoms in total. The maximum atomic E-state index is 12.0. The van der Waals surface area contributed by atoms with Gasteiger partial charge in [0.1, 0.15) is 5.69 Å². The molecular formula is C19H33B2N3O. The van der Waals surface area contributed by atoms with Crippen LogP contribution in [0.2, 0.25) is 0 Å². The minimum absolute atomic E-state index is 0.153. The van der Waals surface area contributed by atoms with Crippen LogP contribution in [0, 0.1) is 5.92 Å². The molecule has 136 valence electrons. The first-order valence-electron chi connectivity index (χ1n) is 9.34. The Morgan fingerprint density at radius 1 is 1.24 bits per heavy atom. The zero-order chi connectivity index (χ0) is 19.6. The molecule has 0 aliphatic carbocycles. The Hall–Kier alpha value is -1.29. The zero-order valence-corrected chi connectivity index (χ0v) is 17.0. The van der Waals surface area contributed by atoms with Gasteiger partial charge in [-0.25, -0.2) is 4.98 Å². The molecule has 6 heteroatoms. The van der Waals surface area contributed by atoms with Crippen molar-refractivity contribution >= 4 is 21.6 Å². The lowest BCUT2D eigenvalue weighted by atomic mass is 9.58. The summed E-state index contributed by atoms with van der Waals surface area (Å²) in [6.07, 6.45) is 2.27. The van der Waals surface area contributed by atoms with Crippen molar-refractivity contribution in [3.05, 3.63) is 29.6 Å². The van der Waals surface area contributed by atoms with Crippen LogP contribution in [0.3, 0.4) is 0 Å². The Labute approximate surface area is 157 Å². The fraction of sp³-hybridized carbons (Fsp3) is 0.684. The fourth-order valence-electron chi connectivity index (χ4n) is 2.69. The predicted octanol–water partition coefficient (Wildman–Crippen LogP) is 3.02. The molecule has 0 saturated carbocycles. The molecule has 0 spiro atoms. The minimum Gasteiger partial charge on any atom is -0.343 e. The van der Waals surface area contributed by atoms with Gasteiger partial charge in [0, 0.05) is 26.3 Å². The third kappa shape index (κ3) is 6.50. The lowest BCUT2D eigenvalue weighted by molar-refractivity contribution is 0.0820. The molecule has 2 rings (SSSR count). The first kappa shape index (κ1) is 23.7. The highest BCUT2D eigenvalue weighted by Gasteiger charge is 2.32. The van der Waals surface area contributed by atoms with E-state index in [2.05, 4.69) is 11.9 Å². The smallest absolute Gasteiger partial charge is 0.271 e. The van der Waals surface area contributed by atoms with Gasteiger partial charge in [-0.1, -0.05) is 40.7 Å². The van der Waals surface area contributed by atoms with Crippen LogP contribution in [-0.4, -0.2) is 63.6 Å². The van der Waals surface area contributed by atoms with Gasteiger partial charge in [0.15, 0.2) is 0 Å². The quantitative estimate of drug-likeness (QED) is 0.793. The standard InChI is InChI=1S/C15H21B2N3O.2C2H6/c1-11-6-5-9-20(10-11)15(16,17)13-8-4-7-12(18-13)14(21)19(2)3;2*1-2/h4,7-8,11H,5-6,9-10H2,1-3H3;2*1-2H3. The highest BCUT2D eigenvalue weighted by Crippen LogP contribution is 2.26. The number of pyridine rings is 1. The molecule has 25 heavy (non-hydrogen) atoms. The van der Waals surface area contributed by atoms with Crippen molar-refractivity contribution in [3.8, 4) is 0 Å². The van der Waals surface area contributed by atoms with Crippen molar-refractivity contribution in [1.29, 1.82) is 0 Å². The summed E-state index contributed by atoms with van der Waals surface area (Å²) in [5.74, 6) is 0.413. The van der Waals surface area contributed by atoms with Gasteiger partial charge in [0.25, 0.3) is 5.91 Å². The Bertz CT molecular complexity index is 521. The first-order valence-corrected chi connectivity index (χ1v) is 9.34. The summed E-state index contributed by atoms with van der Waals surface area (Å²) in [6.45, 7) is 11.9. The average molecular weight is 341 g/mol. The third-order valence-electron chi connectivity index (χ3n) is 3.96. The summed E-state index contributed by atoms with van der Waals surface area (Å²) in [7, 11) is 16.1. The molecule has 0 N–H and O–H groups in total. The molecule has 0 bridgehead atoms. The van der Waals surface area contributed by atoms with Gasteiger partial charge >= 0.3 is 0 Å². The van der Waals surface area contributed by atoms with E-state index in [9.17, 15) is 4.79 Å². The maximum absolute atomic E-state index is 12.0. The molecule has 4 radical (unpaired) electrons. The van der Waals surface area contributed by atoms with Crippen LogP contribution >= 0.6 is 0 Å². The van der Waals surface area contributed by atoms with Crippen LogP contribution in [0.25, 0.3) is 0 Å². The van der Waals surface area contributed by atoms with E-state index in [1.807, 2.05) is 32.6 Å². The molecular weight excluding hydrogens is 308 g/mol. The van der Waals surface area contributed by atoms with E-state index in [4.69, 9.17) is 15.7 Å². The molecule has 1 aromatic heterocycles. The number of amides is 1. The van der Waals surface area contributed by atoms with Crippen LogP contribution in [0.4, 0.5) is 0 Å². The predicted molar refractivity (Wildman–Crippen MR) is 108 cm³/mol. The van der Waals surface area contributed by atoms with E-state index < -0.39 is 5.34 Å². The second-order valence-electron chi connectivity index (χ2n) is 6.13. The Morgan fingerprint density at radius 2 is 1.84 bits per heavy atom. The number of carbonyl (C=O) groups excluding carboxylic acids is 1. The molecule has 1 amide bonds. The molecule has 1 atom stereocenters. The molecule has 1 aliphatic rings. The van der Waals surface area contributed by atoms with Crippen LogP contribution in [0.1, 0.15) is 63.6 Å². The van der Waals surface area contributed by atoms with Gasteiger partial charge in [0.05, 0.1) is 15.7 Å². The molecule has 2 heterocycles. The van der Waals surface area contributed by atoms with E-state index in [-0.39, 0.29) is 5.91 Å². The van der Waals surface area contributed by atoms with E-state index in [0.29, 0.717) is 17.3 Å². The second-order valence-corrected chi connectivity index (χ2v) is 6.13. The summed E-state index contributed by atoms with van der Waals surface area (Å²) in [5.41, 5.74) is 0.895. The number of rotatable bonds is 3. The minimum atomic E-state index is -1.14. The van der Waals surface area contributed by atoms with Gasteiger partial charge in [-0.05, 0) is 42.8 Å². The van der Waals surface area contributed by atoms with Crippen LogP contribution < -0.4 is 0 Å². The molecule has 0 aromatic carbocycles. The van der Waals surface area contributed by atoms with E-state index in [1.54, 1.807) is 32.3 Å². The normalized spacial score (nSPS) is 17.5. The lowest BCUT2D eigenvalue weighted by Crippen LogP contribution is -2.52. The Morgan fingerprint density at radius 3 is 2.36 bits per heavy atom. The van der Waals surface area contributed by atoms with E-state index in [1.165, 1.54) is 11.3 Å². The van der Waals surface area contributed by atoms with Crippen molar-refractivity contribution in [3.63, 3.8) is 0 Å². The van der Waals surface area contributed by atoms with Crippen molar-refractivity contribution in [2.45, 2.75) is 52.8 Å². The molecule has 1 aliphatic heterocycles. The Balaban J connectivity index is 0.00000134. The van der Waals surface area contributed by atoms with Crippen LogP contribution in [0.5, 0.6) is 0 Å². The van der Waals surface area contributed by atoms with Crippen molar-refractivity contribution in [2.75, 3.05) is 27.2 Å². The SMILES string of the molecule is CC.CC.[B]C([B])(c1cccc(C(=O)N(C)C)n1)N1CCCC(C)C1. The number of likely N-dealkylation sites (tertiary alicyclic amines) is 1. The first-order chi connectivity index (χ1) is 11.8. The van der Waals surface area contributed by atoms with Crippen molar-refractivity contribution < 1.29 is 4.79 Å². The number of hydrogen-bond donors (Lipinski definition) is 0. The number of aromatic nitrogens is 1. The van der Waals surface area contributed by atoms with E-state index in [0.717, 1.165) is 19.5 Å². The molecule has 1 fully saturated rings. The van der Waals surface area contributed by atoms with Gasteiger partial charge in [-0.2, -0.15) is 0 Å². The number of carbonyl (C=O) groups is 1. The molecule has 1 unspecified atom stereocenters. The summed E-state index contributed by atoms with van der Waals surface area (Å²) in [5, 5.41) is -1.14. The number of hydrogen-bond acceptors (Lipinski definition) is 3. The second kappa shape index (κ2) is 11.3. The monoisotopic (exact) mass is 341 g/mol. The van der Waals surface area contributed by atoms with Crippen LogP contribution in [0.15, 0.2) is 18.2 Å². The topological polar surface area (TPSA) is 36.4 Å². The largest absolute Gasteiger partial charge is 0.343 e. The van der Waals surface area contributed by atoms with E-state index >= 15 is 0 Å². The van der Waals surface area contributed by atoms with Gasteiger partial charge < -0.3 is 9.80 Å². The fourth-order valence-corrected chi connectivity index (χ4v) is 2.69. The lowest BCUT2D eigenvalue weighted by Gasteiger charge is -2.43. The summed E-state index contributed by atoms with van der Waals surface area (Å²) < 4.78 is 0. The summed E-state index contributed by atoms with van der Waals surface area (Å²) in [6, 6.07) is 5.24. The summed E-state index contributed by atoms with van der Waals surface area (Å²) in [4.78, 5) is 19.9. The highest BCUT2D eigenvalue weighted by molar-refractivity contribution is 6.39. The third-order valence-corrected chi connectivity index (χ3v) is 3.96. The summed E-state index contributed by atoms with van der Waals surface area (Å²) >= 11 is 0. The molecule has 1 saturated heterocycles. The van der Waals surface area contributed by atoms with Crippen LogP contribution in [-0.2, 0) is 5.34 Å². The zero-order valence-electron chi connectivity index (χ0n) is 17.0. The average Bonchev–Trinajstić information content (AvgIpc) is 2.64. The maximum Gasteiger partial charge on any atom is 0.271 e. The van der Waals surface area contributed by atoms with Gasteiger partial charge in [-0.15, -0.1) is 0 Å². The van der Waals surface area contributed by atoms with Crippen molar-refractivity contribution in [2.24, 2.45) is 5.92 Å². The molecule has 1 aromatic rings. The number of piperidine rings is 1. The van der Waals surface area contributed by atoms with Gasteiger partial charge in [-0.3, -0.25) is 4.79 Å². The van der Waals surface area contributed by atoms with Gasteiger partial charge in [0.2, 0.25) is 0 Å². The van der Waals surface area contributed by atoms with Crippen molar-refractivity contribution in [1.82, 2.24) is 14.8 Å². The Kier molecular flexibility index (Phi) is 10.8. The highest BCUT2D eigenvalue weighted by atomic mass is 16.2.